The molecule has 2 aromatic rings. The molecule has 0 unspecified atom stereocenters. The van der Waals surface area contributed by atoms with Crippen molar-refractivity contribution in [3.8, 4) is 17.4 Å². The minimum Gasteiger partial charge on any atom is -0.483 e. The molecule has 1 aromatic carbocycles. The van der Waals surface area contributed by atoms with E-state index < -0.39 is 0 Å². The van der Waals surface area contributed by atoms with E-state index in [1.165, 1.54) is 5.56 Å². The van der Waals surface area contributed by atoms with Gasteiger partial charge in [0.25, 0.3) is 0 Å². The van der Waals surface area contributed by atoms with Crippen molar-refractivity contribution in [2.24, 2.45) is 0 Å². The first kappa shape index (κ1) is 13.4. The number of aryl methyl sites for hydroxylation is 1. The highest BCUT2D eigenvalue weighted by molar-refractivity contribution is 9.10. The number of ether oxygens (including phenoxy) is 2. The van der Waals surface area contributed by atoms with Gasteiger partial charge in [-0.05, 0) is 54.4 Å². The second-order valence-corrected chi connectivity index (χ2v) is 6.42. The Morgan fingerprint density at radius 1 is 1.30 bits per heavy atom. The van der Waals surface area contributed by atoms with Gasteiger partial charge in [-0.25, -0.2) is 4.98 Å². The summed E-state index contributed by atoms with van der Waals surface area (Å²) in [7, 11) is 0. The quantitative estimate of drug-likeness (QED) is 0.800. The van der Waals surface area contributed by atoms with E-state index in [0.717, 1.165) is 22.2 Å². The Balaban J connectivity index is 1.98. The zero-order valence-electron chi connectivity index (χ0n) is 11.7. The number of fused-ring (bicyclic) bond motifs is 1. The summed E-state index contributed by atoms with van der Waals surface area (Å²) in [6, 6.07) is 7.92. The minimum absolute atomic E-state index is 0.181. The van der Waals surface area contributed by atoms with E-state index in [4.69, 9.17) is 9.47 Å². The molecule has 4 heteroatoms. The van der Waals surface area contributed by atoms with Gasteiger partial charge in [0.2, 0.25) is 5.88 Å². The molecule has 0 amide bonds. The van der Waals surface area contributed by atoms with Crippen LogP contribution in [0.5, 0.6) is 17.4 Å². The van der Waals surface area contributed by atoms with Crippen LogP contribution in [0.3, 0.4) is 0 Å². The number of nitrogens with zero attached hydrogens (tertiary/aromatic N) is 1. The smallest absolute Gasteiger partial charge is 0.234 e. The van der Waals surface area contributed by atoms with Gasteiger partial charge in [0.1, 0.15) is 5.60 Å². The van der Waals surface area contributed by atoms with Crippen molar-refractivity contribution in [2.45, 2.75) is 32.8 Å². The molecule has 0 radical (unpaired) electrons. The summed E-state index contributed by atoms with van der Waals surface area (Å²) >= 11 is 3.51. The highest BCUT2D eigenvalue weighted by atomic mass is 79.9. The van der Waals surface area contributed by atoms with Crippen molar-refractivity contribution in [3.63, 3.8) is 0 Å². The van der Waals surface area contributed by atoms with Crippen LogP contribution in [0.1, 0.15) is 25.0 Å². The third kappa shape index (κ3) is 2.40. The first-order valence-electron chi connectivity index (χ1n) is 6.56. The Labute approximate surface area is 127 Å². The molecule has 1 aliphatic rings. The lowest BCUT2D eigenvalue weighted by Gasteiger charge is -2.18. The topological polar surface area (TPSA) is 31.4 Å². The fourth-order valence-corrected chi connectivity index (χ4v) is 2.67. The SMILES string of the molecule is Cc1ccnc(Oc2cccc3c2OC(C)(C)C3)c1Br. The number of para-hydroxylation sites is 1. The molecule has 3 rings (SSSR count). The number of halogens is 1. The Bertz CT molecular complexity index is 668. The van der Waals surface area contributed by atoms with Gasteiger partial charge in [0, 0.05) is 18.2 Å². The number of rotatable bonds is 2. The summed E-state index contributed by atoms with van der Waals surface area (Å²) in [5.74, 6) is 2.10. The van der Waals surface area contributed by atoms with Gasteiger partial charge in [-0.1, -0.05) is 12.1 Å². The molecular formula is C16H16BrNO2. The van der Waals surface area contributed by atoms with Crippen LogP contribution in [0.25, 0.3) is 0 Å². The fraction of sp³-hybridized carbons (Fsp3) is 0.312. The average Bonchev–Trinajstić information content (AvgIpc) is 2.70. The summed E-state index contributed by atoms with van der Waals surface area (Å²) in [4.78, 5) is 4.27. The van der Waals surface area contributed by atoms with E-state index in [-0.39, 0.29) is 5.60 Å². The van der Waals surface area contributed by atoms with Gasteiger partial charge in [-0.3, -0.25) is 0 Å². The molecule has 0 aliphatic carbocycles. The van der Waals surface area contributed by atoms with Gasteiger partial charge >= 0.3 is 0 Å². The van der Waals surface area contributed by atoms with Gasteiger partial charge in [-0.2, -0.15) is 0 Å². The lowest BCUT2D eigenvalue weighted by atomic mass is 10.0. The van der Waals surface area contributed by atoms with E-state index >= 15 is 0 Å². The molecule has 0 N–H and O–H groups in total. The number of benzene rings is 1. The molecule has 1 aliphatic heterocycles. The standard InChI is InChI=1S/C16H16BrNO2/c1-10-7-8-18-15(13(10)17)19-12-6-4-5-11-9-16(2,3)20-14(11)12/h4-8H,9H2,1-3H3. The van der Waals surface area contributed by atoms with Crippen LogP contribution in [-0.4, -0.2) is 10.6 Å². The van der Waals surface area contributed by atoms with E-state index in [2.05, 4.69) is 40.8 Å². The number of aromatic nitrogens is 1. The van der Waals surface area contributed by atoms with Crippen molar-refractivity contribution in [3.05, 3.63) is 46.1 Å². The normalized spacial score (nSPS) is 15.6. The molecule has 0 atom stereocenters. The van der Waals surface area contributed by atoms with Crippen molar-refractivity contribution < 1.29 is 9.47 Å². The molecule has 0 saturated heterocycles. The maximum absolute atomic E-state index is 6.00. The highest BCUT2D eigenvalue weighted by Gasteiger charge is 2.32. The molecule has 20 heavy (non-hydrogen) atoms. The van der Waals surface area contributed by atoms with Crippen LogP contribution >= 0.6 is 15.9 Å². The largest absolute Gasteiger partial charge is 0.483 e. The predicted octanol–water partition coefficient (Wildman–Crippen LogP) is 4.66. The van der Waals surface area contributed by atoms with Gasteiger partial charge in [0.15, 0.2) is 11.5 Å². The Hall–Kier alpha value is -1.55. The highest BCUT2D eigenvalue weighted by Crippen LogP contribution is 2.44. The Morgan fingerprint density at radius 2 is 2.10 bits per heavy atom. The van der Waals surface area contributed by atoms with Crippen LogP contribution < -0.4 is 9.47 Å². The van der Waals surface area contributed by atoms with Crippen LogP contribution in [0, 0.1) is 6.92 Å². The Kier molecular flexibility index (Phi) is 3.21. The number of hydrogen-bond acceptors (Lipinski definition) is 3. The second kappa shape index (κ2) is 4.77. The van der Waals surface area contributed by atoms with Crippen LogP contribution in [-0.2, 0) is 6.42 Å². The van der Waals surface area contributed by atoms with E-state index in [1.807, 2.05) is 25.1 Å². The molecule has 0 spiro atoms. The van der Waals surface area contributed by atoms with Crippen molar-refractivity contribution >= 4 is 15.9 Å². The summed E-state index contributed by atoms with van der Waals surface area (Å²) in [5.41, 5.74) is 2.08. The van der Waals surface area contributed by atoms with Gasteiger partial charge < -0.3 is 9.47 Å². The monoisotopic (exact) mass is 333 g/mol. The third-order valence-electron chi connectivity index (χ3n) is 3.31. The molecule has 2 heterocycles. The fourth-order valence-electron chi connectivity index (χ4n) is 2.36. The van der Waals surface area contributed by atoms with Gasteiger partial charge in [-0.15, -0.1) is 0 Å². The molecule has 0 fully saturated rings. The second-order valence-electron chi connectivity index (χ2n) is 5.63. The van der Waals surface area contributed by atoms with Crippen molar-refractivity contribution in [1.29, 1.82) is 0 Å². The summed E-state index contributed by atoms with van der Waals surface area (Å²) < 4.78 is 12.8. The molecular weight excluding hydrogens is 318 g/mol. The van der Waals surface area contributed by atoms with Gasteiger partial charge in [0.05, 0.1) is 4.47 Å². The number of hydrogen-bond donors (Lipinski definition) is 0. The molecule has 0 saturated carbocycles. The molecule has 0 bridgehead atoms. The maximum Gasteiger partial charge on any atom is 0.234 e. The summed E-state index contributed by atoms with van der Waals surface area (Å²) in [6.45, 7) is 6.17. The van der Waals surface area contributed by atoms with E-state index in [0.29, 0.717) is 11.6 Å². The van der Waals surface area contributed by atoms with Crippen LogP contribution in [0.15, 0.2) is 34.9 Å². The van der Waals surface area contributed by atoms with E-state index in [1.54, 1.807) is 6.20 Å². The molecule has 1 aromatic heterocycles. The van der Waals surface area contributed by atoms with Crippen LogP contribution in [0.4, 0.5) is 0 Å². The third-order valence-corrected chi connectivity index (χ3v) is 4.28. The zero-order valence-corrected chi connectivity index (χ0v) is 13.3. The summed E-state index contributed by atoms with van der Waals surface area (Å²) in [5, 5.41) is 0. The van der Waals surface area contributed by atoms with E-state index in [9.17, 15) is 0 Å². The molecule has 3 nitrogen and oxygen atoms in total. The van der Waals surface area contributed by atoms with Crippen LogP contribution in [0.2, 0.25) is 0 Å². The average molecular weight is 334 g/mol. The van der Waals surface area contributed by atoms with Crippen molar-refractivity contribution in [2.75, 3.05) is 0 Å². The zero-order chi connectivity index (χ0) is 14.3. The molecule has 104 valence electrons. The summed E-state index contributed by atoms with van der Waals surface area (Å²) in [6.07, 6.45) is 2.63. The number of pyridine rings is 1. The first-order valence-corrected chi connectivity index (χ1v) is 7.35. The van der Waals surface area contributed by atoms with Crippen molar-refractivity contribution in [1.82, 2.24) is 4.98 Å². The lowest BCUT2D eigenvalue weighted by Crippen LogP contribution is -2.24. The Morgan fingerprint density at radius 3 is 2.90 bits per heavy atom. The first-order chi connectivity index (χ1) is 9.46. The lowest BCUT2D eigenvalue weighted by molar-refractivity contribution is 0.135. The minimum atomic E-state index is -0.181. The maximum atomic E-state index is 6.00. The predicted molar refractivity (Wildman–Crippen MR) is 81.6 cm³/mol.